The van der Waals surface area contributed by atoms with Gasteiger partial charge in [0.05, 0.1) is 27.5 Å². The van der Waals surface area contributed by atoms with Gasteiger partial charge in [0.2, 0.25) is 0 Å². The number of carbonyl (C=O) groups is 1. The number of nitro benzene ring substituents is 1. The van der Waals surface area contributed by atoms with Gasteiger partial charge < -0.3 is 19.9 Å². The Bertz CT molecular complexity index is 2760. The Hall–Kier alpha value is -5.53. The number of nitrogens with zero attached hydrogens (tertiary/aromatic N) is 5. The lowest BCUT2D eigenvalue weighted by Gasteiger charge is -2.39. The number of allylic oxidation sites excluding steroid dienone is 1. The standard InChI is InChI=1S/C44H49ClN8O8S2/c1-44(2)14-11-31(38(24-44)29-3-5-32(45)6-4-29)26-50-17-19-52(20-18-50)34-7-9-37(41(22-34)61-35-21-30-12-15-46-42(30)47-25-35)43(54)49-63(59,60)36-8-10-39(40(23-36)53(55)56)48-33-13-16-51(27-33)28-62(57)58/h3-10,12,15,21-23,25,33,48,62H,11,13-14,16-20,24,26-28H2,1-2H3,(H,46,47)(H,49,54)/t33-/m1/s1. The Morgan fingerprint density at radius 3 is 2.54 bits per heavy atom. The summed E-state index contributed by atoms with van der Waals surface area (Å²) in [5, 5.41) is 16.7. The van der Waals surface area contributed by atoms with Crippen molar-refractivity contribution in [1.29, 1.82) is 0 Å². The van der Waals surface area contributed by atoms with Crippen molar-refractivity contribution in [2.75, 3.05) is 61.9 Å². The lowest BCUT2D eigenvalue weighted by atomic mass is 9.72. The van der Waals surface area contributed by atoms with E-state index in [4.69, 9.17) is 16.3 Å². The topological polar surface area (TPSA) is 200 Å². The Kier molecular flexibility index (Phi) is 12.8. The van der Waals surface area contributed by atoms with Crippen LogP contribution in [-0.4, -0.2) is 105 Å². The zero-order valence-electron chi connectivity index (χ0n) is 34.9. The number of rotatable bonds is 14. The van der Waals surface area contributed by atoms with Gasteiger partial charge in [-0.15, -0.1) is 0 Å². The summed E-state index contributed by atoms with van der Waals surface area (Å²) in [6, 6.07) is 19.7. The van der Waals surface area contributed by atoms with Crippen LogP contribution in [0.5, 0.6) is 11.5 Å². The molecule has 1 atom stereocenters. The lowest BCUT2D eigenvalue weighted by Crippen LogP contribution is -2.47. The molecule has 3 N–H and O–H groups in total. The van der Waals surface area contributed by atoms with Crippen molar-refractivity contribution in [3.8, 4) is 11.5 Å². The van der Waals surface area contributed by atoms with Crippen LogP contribution in [0.15, 0.2) is 95.7 Å². The number of ether oxygens (including phenoxy) is 1. The molecule has 16 nitrogen and oxygen atoms in total. The van der Waals surface area contributed by atoms with Crippen molar-refractivity contribution >= 4 is 71.9 Å². The number of likely N-dealkylation sites (tertiary alicyclic amines) is 1. The normalized spacial score (nSPS) is 18.5. The van der Waals surface area contributed by atoms with Crippen LogP contribution in [0.4, 0.5) is 17.1 Å². The van der Waals surface area contributed by atoms with Gasteiger partial charge in [-0.1, -0.05) is 43.2 Å². The van der Waals surface area contributed by atoms with Crippen LogP contribution in [0.1, 0.15) is 55.5 Å². The first kappa shape index (κ1) is 44.1. The van der Waals surface area contributed by atoms with Gasteiger partial charge in [0.1, 0.15) is 22.8 Å². The van der Waals surface area contributed by atoms with Crippen molar-refractivity contribution < 1.29 is 31.3 Å². The van der Waals surface area contributed by atoms with E-state index >= 15 is 0 Å². The predicted octanol–water partition coefficient (Wildman–Crippen LogP) is 6.88. The van der Waals surface area contributed by atoms with Crippen LogP contribution in [-0.2, 0) is 20.7 Å². The quantitative estimate of drug-likeness (QED) is 0.0511. The summed E-state index contributed by atoms with van der Waals surface area (Å²) in [5.41, 5.74) is 5.19. The fourth-order valence-electron chi connectivity index (χ4n) is 8.63. The van der Waals surface area contributed by atoms with E-state index in [0.29, 0.717) is 44.0 Å². The molecule has 0 radical (unpaired) electrons. The summed E-state index contributed by atoms with van der Waals surface area (Å²) < 4.78 is 58.1. The first-order valence-electron chi connectivity index (χ1n) is 20.7. The summed E-state index contributed by atoms with van der Waals surface area (Å²) in [5.74, 6) is -0.694. The molecule has 1 aliphatic carbocycles. The average Bonchev–Trinajstić information content (AvgIpc) is 3.90. The number of carbonyl (C=O) groups excluding carboxylic acids is 1. The van der Waals surface area contributed by atoms with Gasteiger partial charge >= 0.3 is 0 Å². The third-order valence-electron chi connectivity index (χ3n) is 12.0. The molecule has 8 rings (SSSR count). The monoisotopic (exact) mass is 916 g/mol. The third-order valence-corrected chi connectivity index (χ3v) is 14.2. The molecule has 19 heteroatoms. The second kappa shape index (κ2) is 18.3. The van der Waals surface area contributed by atoms with E-state index in [1.165, 1.54) is 41.1 Å². The molecule has 332 valence electrons. The Labute approximate surface area is 372 Å². The molecule has 2 saturated heterocycles. The zero-order valence-corrected chi connectivity index (χ0v) is 37.3. The van der Waals surface area contributed by atoms with Crippen LogP contribution >= 0.6 is 11.6 Å². The Morgan fingerprint density at radius 1 is 1.02 bits per heavy atom. The number of aromatic nitrogens is 2. The molecule has 0 unspecified atom stereocenters. The molecule has 0 bridgehead atoms. The van der Waals surface area contributed by atoms with E-state index in [0.717, 1.165) is 61.1 Å². The number of nitro groups is 1. The molecule has 1 amide bonds. The first-order chi connectivity index (χ1) is 30.1. The highest BCUT2D eigenvalue weighted by Gasteiger charge is 2.31. The van der Waals surface area contributed by atoms with E-state index < -0.39 is 42.1 Å². The predicted molar refractivity (Wildman–Crippen MR) is 244 cm³/mol. The number of piperazine rings is 1. The number of aromatic amines is 1. The Morgan fingerprint density at radius 2 is 1.79 bits per heavy atom. The minimum absolute atomic E-state index is 0.0709. The third kappa shape index (κ3) is 10.5. The number of thiol groups is 1. The van der Waals surface area contributed by atoms with Crippen LogP contribution in [0, 0.1) is 15.5 Å². The van der Waals surface area contributed by atoms with E-state index in [1.807, 2.05) is 18.2 Å². The number of fused-ring (bicyclic) bond motifs is 1. The number of anilines is 2. The molecule has 2 aromatic heterocycles. The first-order valence-corrected chi connectivity index (χ1v) is 24.0. The van der Waals surface area contributed by atoms with Crippen molar-refractivity contribution in [3.63, 3.8) is 0 Å². The number of halogens is 1. The van der Waals surface area contributed by atoms with Crippen molar-refractivity contribution in [2.24, 2.45) is 5.41 Å². The number of hydrogen-bond donors (Lipinski definition) is 4. The van der Waals surface area contributed by atoms with Crippen LogP contribution in [0.2, 0.25) is 5.02 Å². The smallest absolute Gasteiger partial charge is 0.293 e. The highest BCUT2D eigenvalue weighted by molar-refractivity contribution is 7.90. The van der Waals surface area contributed by atoms with E-state index in [-0.39, 0.29) is 34.3 Å². The summed E-state index contributed by atoms with van der Waals surface area (Å²) in [6.07, 6.45) is 6.94. The molecule has 5 aromatic rings. The number of H-pyrrole nitrogens is 1. The number of nitrogens with one attached hydrogen (secondary N) is 3. The van der Waals surface area contributed by atoms with Gasteiger partial charge in [-0.3, -0.25) is 24.7 Å². The fraction of sp³-hybridized carbons (Fsp3) is 0.364. The number of pyridine rings is 1. The molecule has 0 spiro atoms. The Balaban J connectivity index is 1.00. The maximum absolute atomic E-state index is 13.9. The van der Waals surface area contributed by atoms with E-state index in [2.05, 4.69) is 55.8 Å². The summed E-state index contributed by atoms with van der Waals surface area (Å²) in [4.78, 5) is 38.7. The van der Waals surface area contributed by atoms with Crippen molar-refractivity contribution in [3.05, 3.63) is 117 Å². The SMILES string of the molecule is CC1(C)CCC(CN2CCN(c3ccc(C(=O)NS(=O)(=O)c4ccc(N[C@@H]5CCN(C[SH](=O)=O)C5)c([N+](=O)[O-])c4)c(Oc4cnc5[nH]ccc5c4)c3)CC2)=C(c2ccc(Cl)cc2)C1. The van der Waals surface area contributed by atoms with Crippen molar-refractivity contribution in [2.45, 2.75) is 50.5 Å². The summed E-state index contributed by atoms with van der Waals surface area (Å²) in [7, 11) is -7.24. The second-order valence-electron chi connectivity index (χ2n) is 17.1. The maximum atomic E-state index is 13.9. The molecule has 2 aliphatic heterocycles. The zero-order chi connectivity index (χ0) is 44.5. The average molecular weight is 918 g/mol. The van der Waals surface area contributed by atoms with Gasteiger partial charge in [0, 0.05) is 86.3 Å². The summed E-state index contributed by atoms with van der Waals surface area (Å²) in [6.45, 7) is 9.35. The molecule has 63 heavy (non-hydrogen) atoms. The van der Waals surface area contributed by atoms with E-state index in [1.54, 1.807) is 29.3 Å². The minimum Gasteiger partial charge on any atom is -0.455 e. The largest absolute Gasteiger partial charge is 0.455 e. The van der Waals surface area contributed by atoms with Crippen molar-refractivity contribution in [1.82, 2.24) is 24.5 Å². The number of amides is 1. The van der Waals surface area contributed by atoms with Gasteiger partial charge in [0.15, 0.2) is 10.7 Å². The van der Waals surface area contributed by atoms with Gasteiger partial charge in [-0.2, -0.15) is 0 Å². The second-order valence-corrected chi connectivity index (χ2v) is 20.2. The summed E-state index contributed by atoms with van der Waals surface area (Å²) >= 11 is 6.23. The van der Waals surface area contributed by atoms with Crippen LogP contribution in [0.3, 0.4) is 0 Å². The molecular formula is C44H49ClN8O8S2. The molecule has 0 saturated carbocycles. The number of sulfonamides is 1. The molecular weight excluding hydrogens is 868 g/mol. The van der Waals surface area contributed by atoms with Gasteiger partial charge in [0.25, 0.3) is 21.6 Å². The van der Waals surface area contributed by atoms with Crippen LogP contribution in [0.25, 0.3) is 16.6 Å². The lowest BCUT2D eigenvalue weighted by molar-refractivity contribution is -0.384. The van der Waals surface area contributed by atoms with Crippen LogP contribution < -0.4 is 19.7 Å². The molecule has 3 aromatic carbocycles. The van der Waals surface area contributed by atoms with Gasteiger partial charge in [-0.25, -0.2) is 26.5 Å². The maximum Gasteiger partial charge on any atom is 0.293 e. The van der Waals surface area contributed by atoms with Gasteiger partial charge in [-0.05, 0) is 90.8 Å². The minimum atomic E-state index is -4.63. The number of benzene rings is 3. The number of hydrogen-bond acceptors (Lipinski definition) is 13. The highest BCUT2D eigenvalue weighted by Crippen LogP contribution is 2.43. The molecule has 2 fully saturated rings. The highest BCUT2D eigenvalue weighted by atomic mass is 35.5. The molecule has 4 heterocycles. The van der Waals surface area contributed by atoms with E-state index in [9.17, 15) is 31.7 Å². The fourth-order valence-corrected chi connectivity index (χ4v) is 10.3. The molecule has 3 aliphatic rings.